The Labute approximate surface area is 526 Å². The SMILES string of the molecule is CC1(C)c2ccccc2N(c2ccccc2)c2ccc(-c3cccc(-c4cc(-c5ccccn5)nc(-c5cccc(-c6ccc7c(c6)c(=O)c6cc(-c8cccc(-c9nc(-c%10ccccc%10)nc(-c%10ccccc%10)n9)c8)ccc6n7-c6ccccc6)n5)c4)c3)cc21. The van der Waals surface area contributed by atoms with Crippen LogP contribution in [0.3, 0.4) is 0 Å². The standard InChI is InChI=1S/C82H56N8O/c1-82(2)67-34-15-16-38-76(67)90(64-32-13-6-14-33-64)77-44-40-59(50-68(77)82)55-26-19-28-57(46-55)62-51-72(70-35-17-18-45-83-70)85-73(52-62)71-37-21-36-69(84-71)60-41-43-75-66(49-60)78(91)65-48-58(39-42-74(65)89(75)63-30-11-5-12-31-63)56-27-20-29-61(47-56)81-87-79(53-22-7-3-8-23-53)86-80(88-81)54-24-9-4-10-25-54/h3-52H,1-2H3. The predicted molar refractivity (Wildman–Crippen MR) is 370 cm³/mol. The Morgan fingerprint density at radius 2 is 0.747 bits per heavy atom. The molecule has 0 saturated carbocycles. The fourth-order valence-electron chi connectivity index (χ4n) is 12.9. The predicted octanol–water partition coefficient (Wildman–Crippen LogP) is 19.6. The second kappa shape index (κ2) is 22.6. The molecule has 0 atom stereocenters. The third-order valence-electron chi connectivity index (χ3n) is 17.5. The fraction of sp³-hybridized carbons (Fsp3) is 0.0366. The van der Waals surface area contributed by atoms with E-state index >= 15 is 4.79 Å². The number of nitrogens with zero attached hydrogens (tertiary/aromatic N) is 8. The molecule has 16 rings (SSSR count). The Balaban J connectivity index is 0.774. The second-order valence-corrected chi connectivity index (χ2v) is 23.5. The van der Waals surface area contributed by atoms with Gasteiger partial charge in [-0.15, -0.1) is 0 Å². The number of benzene rings is 10. The molecule has 1 aliphatic rings. The van der Waals surface area contributed by atoms with Gasteiger partial charge in [-0.2, -0.15) is 0 Å². The number of anilines is 3. The van der Waals surface area contributed by atoms with Crippen molar-refractivity contribution in [3.8, 4) is 107 Å². The van der Waals surface area contributed by atoms with Gasteiger partial charge in [-0.1, -0.05) is 196 Å². The molecule has 0 bridgehead atoms. The monoisotopic (exact) mass is 1170 g/mol. The van der Waals surface area contributed by atoms with Crippen LogP contribution in [0.25, 0.3) is 129 Å². The second-order valence-electron chi connectivity index (χ2n) is 23.5. The first-order valence-corrected chi connectivity index (χ1v) is 30.5. The number of aromatic nitrogens is 7. The van der Waals surface area contributed by atoms with Crippen molar-refractivity contribution in [1.29, 1.82) is 0 Å². The van der Waals surface area contributed by atoms with Crippen LogP contribution in [0.15, 0.2) is 308 Å². The quantitative estimate of drug-likeness (QED) is 0.118. The largest absolute Gasteiger partial charge is 0.310 e. The van der Waals surface area contributed by atoms with E-state index in [1.165, 1.54) is 22.5 Å². The van der Waals surface area contributed by atoms with Crippen LogP contribution in [0, 0.1) is 0 Å². The van der Waals surface area contributed by atoms with Crippen molar-refractivity contribution in [2.45, 2.75) is 19.3 Å². The van der Waals surface area contributed by atoms with E-state index in [-0.39, 0.29) is 10.8 Å². The fourth-order valence-corrected chi connectivity index (χ4v) is 12.9. The molecule has 9 heteroatoms. The molecule has 0 amide bonds. The Kier molecular flexibility index (Phi) is 13.5. The summed E-state index contributed by atoms with van der Waals surface area (Å²) in [4.78, 5) is 48.1. The summed E-state index contributed by atoms with van der Waals surface area (Å²) in [5, 5.41) is 1.15. The summed E-state index contributed by atoms with van der Waals surface area (Å²) >= 11 is 0. The van der Waals surface area contributed by atoms with Gasteiger partial charge in [0.1, 0.15) is 0 Å². The van der Waals surface area contributed by atoms with E-state index in [9.17, 15) is 0 Å². The van der Waals surface area contributed by atoms with Gasteiger partial charge in [-0.05, 0) is 160 Å². The zero-order valence-corrected chi connectivity index (χ0v) is 49.9. The lowest BCUT2D eigenvalue weighted by Gasteiger charge is -2.42. The Morgan fingerprint density at radius 1 is 0.297 bits per heavy atom. The third-order valence-corrected chi connectivity index (χ3v) is 17.5. The average molecular weight is 1170 g/mol. The highest BCUT2D eigenvalue weighted by Gasteiger charge is 2.37. The number of hydrogen-bond acceptors (Lipinski definition) is 8. The number of fused-ring (bicyclic) bond motifs is 4. The third kappa shape index (κ3) is 10.0. The van der Waals surface area contributed by atoms with Gasteiger partial charge in [-0.25, -0.2) is 24.9 Å². The first kappa shape index (κ1) is 54.3. The summed E-state index contributed by atoms with van der Waals surface area (Å²) in [6, 6.07) is 102. The number of pyridine rings is 4. The van der Waals surface area contributed by atoms with Crippen LogP contribution in [0.4, 0.5) is 17.1 Å². The molecule has 0 fully saturated rings. The van der Waals surface area contributed by atoms with Gasteiger partial charge in [0.15, 0.2) is 22.9 Å². The lowest BCUT2D eigenvalue weighted by Crippen LogP contribution is -2.30. The molecular weight excluding hydrogens is 1110 g/mol. The van der Waals surface area contributed by atoms with E-state index in [4.69, 9.17) is 29.9 Å². The van der Waals surface area contributed by atoms with Gasteiger partial charge in [0.2, 0.25) is 0 Å². The molecule has 9 nitrogen and oxygen atoms in total. The van der Waals surface area contributed by atoms with Gasteiger partial charge in [0, 0.05) is 56.0 Å². The zero-order chi connectivity index (χ0) is 61.0. The first-order valence-electron chi connectivity index (χ1n) is 30.5. The van der Waals surface area contributed by atoms with Gasteiger partial charge in [0.25, 0.3) is 0 Å². The molecule has 1 aliphatic heterocycles. The molecular formula is C82H56N8O. The molecule has 10 aromatic carbocycles. The highest BCUT2D eigenvalue weighted by molar-refractivity contribution is 5.99. The van der Waals surface area contributed by atoms with Crippen molar-refractivity contribution in [2.24, 2.45) is 0 Å². The van der Waals surface area contributed by atoms with Crippen molar-refractivity contribution >= 4 is 38.9 Å². The van der Waals surface area contributed by atoms with E-state index in [0.717, 1.165) is 89.4 Å². The minimum atomic E-state index is -0.257. The van der Waals surface area contributed by atoms with E-state index in [1.54, 1.807) is 6.20 Å². The summed E-state index contributed by atoms with van der Waals surface area (Å²) in [6.45, 7) is 4.66. The molecule has 5 aromatic heterocycles. The van der Waals surface area contributed by atoms with Gasteiger partial charge < -0.3 is 9.47 Å². The van der Waals surface area contributed by atoms with Crippen LogP contribution in [0.2, 0.25) is 0 Å². The van der Waals surface area contributed by atoms with E-state index < -0.39 is 0 Å². The van der Waals surface area contributed by atoms with Gasteiger partial charge in [0.05, 0.1) is 50.9 Å². The molecule has 6 heterocycles. The maximum absolute atomic E-state index is 15.3. The Morgan fingerprint density at radius 3 is 1.41 bits per heavy atom. The van der Waals surface area contributed by atoms with Crippen LogP contribution in [0.1, 0.15) is 25.0 Å². The first-order chi connectivity index (χ1) is 44.8. The Bertz CT molecular complexity index is 5290. The highest BCUT2D eigenvalue weighted by atomic mass is 16.1. The Hall–Kier alpha value is -12.1. The summed E-state index contributed by atoms with van der Waals surface area (Å²) < 4.78 is 2.18. The van der Waals surface area contributed by atoms with Crippen molar-refractivity contribution in [3.05, 3.63) is 325 Å². The lowest BCUT2D eigenvalue weighted by atomic mass is 9.73. The van der Waals surface area contributed by atoms with Crippen LogP contribution in [0.5, 0.6) is 0 Å². The molecule has 91 heavy (non-hydrogen) atoms. The topological polar surface area (TPSA) is 103 Å². The van der Waals surface area contributed by atoms with Crippen LogP contribution < -0.4 is 10.3 Å². The van der Waals surface area contributed by atoms with Gasteiger partial charge in [-0.3, -0.25) is 9.78 Å². The molecule has 430 valence electrons. The van der Waals surface area contributed by atoms with Crippen LogP contribution >= 0.6 is 0 Å². The zero-order valence-electron chi connectivity index (χ0n) is 49.9. The van der Waals surface area contributed by atoms with Crippen molar-refractivity contribution in [1.82, 2.24) is 34.5 Å². The molecule has 0 spiro atoms. The normalized spacial score (nSPS) is 12.4. The average Bonchev–Trinajstić information content (AvgIpc) is 0.762. The molecule has 0 unspecified atom stereocenters. The minimum absolute atomic E-state index is 0.0825. The molecule has 0 saturated heterocycles. The van der Waals surface area contributed by atoms with Gasteiger partial charge >= 0.3 is 0 Å². The lowest BCUT2D eigenvalue weighted by molar-refractivity contribution is 0.632. The minimum Gasteiger partial charge on any atom is -0.310 e. The number of rotatable bonds is 11. The van der Waals surface area contributed by atoms with E-state index in [1.807, 2.05) is 146 Å². The summed E-state index contributed by atoms with van der Waals surface area (Å²) in [5.41, 5.74) is 21.2. The molecule has 15 aromatic rings. The summed E-state index contributed by atoms with van der Waals surface area (Å²) in [6.07, 6.45) is 1.80. The maximum atomic E-state index is 15.3. The van der Waals surface area contributed by atoms with E-state index in [2.05, 4.69) is 175 Å². The van der Waals surface area contributed by atoms with Crippen molar-refractivity contribution < 1.29 is 0 Å². The van der Waals surface area contributed by atoms with E-state index in [0.29, 0.717) is 45.3 Å². The molecule has 0 N–H and O–H groups in total. The van der Waals surface area contributed by atoms with Crippen molar-refractivity contribution in [3.63, 3.8) is 0 Å². The number of hydrogen-bond donors (Lipinski definition) is 0. The van der Waals surface area contributed by atoms with Crippen LogP contribution in [-0.2, 0) is 5.41 Å². The highest BCUT2D eigenvalue weighted by Crippen LogP contribution is 2.53. The smallest absolute Gasteiger partial charge is 0.197 e. The number of para-hydroxylation sites is 3. The summed E-state index contributed by atoms with van der Waals surface area (Å²) in [7, 11) is 0. The van der Waals surface area contributed by atoms with Crippen molar-refractivity contribution in [2.75, 3.05) is 4.90 Å². The maximum Gasteiger partial charge on any atom is 0.197 e. The molecule has 0 aliphatic carbocycles. The molecule has 0 radical (unpaired) electrons. The van der Waals surface area contributed by atoms with Crippen LogP contribution in [-0.4, -0.2) is 34.5 Å². The summed E-state index contributed by atoms with van der Waals surface area (Å²) in [5.74, 6) is 1.72.